The Labute approximate surface area is 332 Å². The first-order valence-corrected chi connectivity index (χ1v) is 20.3. The number of carbonyl (C=O) groups is 6. The lowest BCUT2D eigenvalue weighted by Crippen LogP contribution is -2.60. The summed E-state index contributed by atoms with van der Waals surface area (Å²) < 4.78 is 53.2. The highest BCUT2D eigenvalue weighted by atomic mass is 32.2. The molecule has 0 spiro atoms. The third-order valence-electron chi connectivity index (χ3n) is 10.1. The van der Waals surface area contributed by atoms with Gasteiger partial charge < -0.3 is 34.8 Å². The number of rotatable bonds is 14. The average molecular weight is 818 g/mol. The largest absolute Gasteiger partial charge is 0.444 e. The number of ether oxygens (including phenoxy) is 2. The standard InChI is InChI=1S/C38H52FN7O10S/c1-8-24-18-38(24,34(50)42-57(53,54)26-14-15-26)41-32(48)30-17-25(55-36(52)45-19-23-11-9-12-28(39)27(23)21-45)20-46(30)33(49)29(40-35(51)56-37(2,3)4)22-44(7)31(47)13-10-16-43(5)6/h8-13,24-26,29-30H,1,14-22H2,2-7H3,(H,40,51)(H,41,48)(H,42,50). The highest BCUT2D eigenvalue weighted by molar-refractivity contribution is 7.91. The van der Waals surface area contributed by atoms with Gasteiger partial charge in [0.05, 0.1) is 24.9 Å². The fourth-order valence-corrected chi connectivity index (χ4v) is 8.18. The smallest absolute Gasteiger partial charge is 0.410 e. The fraction of sp³-hybridized carbons (Fsp3) is 0.579. The summed E-state index contributed by atoms with van der Waals surface area (Å²) in [7, 11) is 1.08. The van der Waals surface area contributed by atoms with Crippen molar-refractivity contribution in [1.29, 1.82) is 0 Å². The third kappa shape index (κ3) is 10.5. The van der Waals surface area contributed by atoms with Gasteiger partial charge in [-0.1, -0.05) is 24.3 Å². The molecule has 0 bridgehead atoms. The van der Waals surface area contributed by atoms with Crippen molar-refractivity contribution in [3.05, 3.63) is 60.0 Å². The molecular formula is C38H52FN7O10S. The molecule has 2 saturated carbocycles. The maximum Gasteiger partial charge on any atom is 0.410 e. The summed E-state index contributed by atoms with van der Waals surface area (Å²) in [5.41, 5.74) is -1.70. The molecule has 57 heavy (non-hydrogen) atoms. The molecule has 1 saturated heterocycles. The Bertz CT molecular complexity index is 1930. The second-order valence-electron chi connectivity index (χ2n) is 16.2. The van der Waals surface area contributed by atoms with E-state index in [9.17, 15) is 41.6 Å². The van der Waals surface area contributed by atoms with Crippen molar-refractivity contribution >= 4 is 45.8 Å². The van der Waals surface area contributed by atoms with Crippen LogP contribution in [0.5, 0.6) is 0 Å². The minimum absolute atomic E-state index is 0.0382. The van der Waals surface area contributed by atoms with E-state index < -0.39 is 92.2 Å². The van der Waals surface area contributed by atoms with E-state index in [1.807, 2.05) is 19.0 Å². The van der Waals surface area contributed by atoms with E-state index in [4.69, 9.17) is 9.47 Å². The lowest BCUT2D eigenvalue weighted by molar-refractivity contribution is -0.142. The van der Waals surface area contributed by atoms with E-state index >= 15 is 0 Å². The van der Waals surface area contributed by atoms with Gasteiger partial charge in [-0.05, 0) is 65.8 Å². The second kappa shape index (κ2) is 16.8. The van der Waals surface area contributed by atoms with Crippen LogP contribution in [0.4, 0.5) is 14.0 Å². The summed E-state index contributed by atoms with van der Waals surface area (Å²) in [6.07, 6.45) is 2.06. The molecule has 3 N–H and O–H groups in total. The molecule has 0 radical (unpaired) electrons. The fourth-order valence-electron chi connectivity index (χ4n) is 6.81. The number of likely N-dealkylation sites (tertiary alicyclic amines) is 1. The van der Waals surface area contributed by atoms with Crippen LogP contribution in [-0.2, 0) is 51.8 Å². The highest BCUT2D eigenvalue weighted by Gasteiger charge is 2.62. The van der Waals surface area contributed by atoms with Crippen molar-refractivity contribution in [2.24, 2.45) is 5.92 Å². The molecule has 19 heteroatoms. The van der Waals surface area contributed by atoms with Crippen LogP contribution < -0.4 is 15.4 Å². The zero-order valence-corrected chi connectivity index (χ0v) is 33.9. The van der Waals surface area contributed by atoms with Crippen LogP contribution >= 0.6 is 0 Å². The number of amides is 6. The number of halogens is 1. The number of nitrogens with one attached hydrogen (secondary N) is 3. The van der Waals surface area contributed by atoms with Gasteiger partial charge in [-0.15, -0.1) is 6.58 Å². The predicted molar refractivity (Wildman–Crippen MR) is 204 cm³/mol. The molecule has 5 atom stereocenters. The molecule has 17 nitrogen and oxygen atoms in total. The van der Waals surface area contributed by atoms with Crippen LogP contribution in [0.2, 0.25) is 0 Å². The lowest BCUT2D eigenvalue weighted by Gasteiger charge is -2.31. The Kier molecular flexibility index (Phi) is 12.7. The first-order valence-electron chi connectivity index (χ1n) is 18.7. The number of benzene rings is 1. The summed E-state index contributed by atoms with van der Waals surface area (Å²) in [4.78, 5) is 87.2. The minimum Gasteiger partial charge on any atom is -0.444 e. The van der Waals surface area contributed by atoms with E-state index in [0.29, 0.717) is 30.5 Å². The summed E-state index contributed by atoms with van der Waals surface area (Å²) in [5, 5.41) is 4.47. The highest BCUT2D eigenvalue weighted by Crippen LogP contribution is 2.45. The summed E-state index contributed by atoms with van der Waals surface area (Å²) in [6, 6.07) is 1.64. The zero-order valence-electron chi connectivity index (χ0n) is 33.1. The van der Waals surface area contributed by atoms with Crippen molar-refractivity contribution in [2.45, 2.75) is 94.1 Å². The minimum atomic E-state index is -3.98. The van der Waals surface area contributed by atoms with Gasteiger partial charge in [0.25, 0.3) is 5.91 Å². The SMILES string of the molecule is C=CC1CC1(NC(=O)C1CC(OC(=O)N2Cc3cccc(F)c3C2)CN1C(=O)C(CN(C)C(=O)C=CCN(C)C)NC(=O)OC(C)(C)C)C(=O)NS(=O)(=O)C1CC1. The number of carbonyl (C=O) groups excluding carboxylic acids is 6. The maximum atomic E-state index is 14.5. The Morgan fingerprint density at radius 1 is 1.11 bits per heavy atom. The average Bonchev–Trinajstić information content (AvgIpc) is 4.00. The molecule has 4 aliphatic rings. The van der Waals surface area contributed by atoms with Crippen molar-refractivity contribution in [3.8, 4) is 0 Å². The summed E-state index contributed by atoms with van der Waals surface area (Å²) in [5.74, 6) is -4.22. The number of likely N-dealkylation sites (N-methyl/N-ethyl adjacent to an activating group) is 2. The molecule has 2 heterocycles. The van der Waals surface area contributed by atoms with Gasteiger partial charge in [-0.3, -0.25) is 28.8 Å². The second-order valence-corrected chi connectivity index (χ2v) is 18.2. The monoisotopic (exact) mass is 817 g/mol. The van der Waals surface area contributed by atoms with Gasteiger partial charge >= 0.3 is 12.2 Å². The number of fused-ring (bicyclic) bond motifs is 1. The normalized spacial score (nSPS) is 23.4. The van der Waals surface area contributed by atoms with Crippen molar-refractivity contribution in [3.63, 3.8) is 0 Å². The number of hydrogen-bond acceptors (Lipinski definition) is 11. The topological polar surface area (TPSA) is 204 Å². The van der Waals surface area contributed by atoms with Crippen LogP contribution in [0.15, 0.2) is 43.0 Å². The maximum absolute atomic E-state index is 14.5. The summed E-state index contributed by atoms with van der Waals surface area (Å²) >= 11 is 0. The van der Waals surface area contributed by atoms with Crippen LogP contribution in [0.25, 0.3) is 0 Å². The Morgan fingerprint density at radius 3 is 2.40 bits per heavy atom. The van der Waals surface area contributed by atoms with E-state index in [-0.39, 0.29) is 39.0 Å². The van der Waals surface area contributed by atoms with Gasteiger partial charge in [0.15, 0.2) is 0 Å². The van der Waals surface area contributed by atoms with Crippen LogP contribution in [0.3, 0.4) is 0 Å². The molecule has 5 unspecified atom stereocenters. The zero-order chi connectivity index (χ0) is 42.0. The molecule has 2 aliphatic carbocycles. The van der Waals surface area contributed by atoms with Crippen molar-refractivity contribution < 1.29 is 51.0 Å². The van der Waals surface area contributed by atoms with E-state index in [2.05, 4.69) is 21.9 Å². The molecule has 1 aromatic rings. The van der Waals surface area contributed by atoms with Gasteiger partial charge in [0, 0.05) is 44.1 Å². The van der Waals surface area contributed by atoms with E-state index in [1.54, 1.807) is 32.9 Å². The summed E-state index contributed by atoms with van der Waals surface area (Å²) in [6.45, 7) is 8.35. The Morgan fingerprint density at radius 2 is 1.81 bits per heavy atom. The molecule has 0 aromatic heterocycles. The van der Waals surface area contributed by atoms with Gasteiger partial charge in [0.1, 0.15) is 35.1 Å². The van der Waals surface area contributed by atoms with Crippen LogP contribution in [0.1, 0.15) is 57.6 Å². The van der Waals surface area contributed by atoms with Gasteiger partial charge in [-0.2, -0.15) is 0 Å². The molecule has 312 valence electrons. The number of hydrogen-bond donors (Lipinski definition) is 3. The van der Waals surface area contributed by atoms with Gasteiger partial charge in [-0.25, -0.2) is 22.4 Å². The number of alkyl carbamates (subject to hydrolysis) is 1. The predicted octanol–water partition coefficient (Wildman–Crippen LogP) is 1.39. The van der Waals surface area contributed by atoms with Crippen LogP contribution in [-0.4, -0.2) is 139 Å². The molecular weight excluding hydrogens is 766 g/mol. The quantitative estimate of drug-likeness (QED) is 0.181. The van der Waals surface area contributed by atoms with E-state index in [0.717, 1.165) is 4.90 Å². The first-order chi connectivity index (χ1) is 26.6. The van der Waals surface area contributed by atoms with Crippen LogP contribution in [0, 0.1) is 11.7 Å². The lowest BCUT2D eigenvalue weighted by atomic mass is 10.1. The Hall–Kier alpha value is -5.04. The molecule has 5 rings (SSSR count). The van der Waals surface area contributed by atoms with Gasteiger partial charge in [0.2, 0.25) is 27.7 Å². The molecule has 6 amide bonds. The first kappa shape index (κ1) is 43.1. The molecule has 3 fully saturated rings. The molecule has 2 aliphatic heterocycles. The number of sulfonamides is 1. The van der Waals surface area contributed by atoms with Crippen molar-refractivity contribution in [2.75, 3.05) is 40.8 Å². The van der Waals surface area contributed by atoms with E-state index in [1.165, 1.54) is 41.1 Å². The third-order valence-corrected chi connectivity index (χ3v) is 11.9. The number of nitrogens with zero attached hydrogens (tertiary/aromatic N) is 4. The molecule has 1 aromatic carbocycles. The van der Waals surface area contributed by atoms with Crippen molar-refractivity contribution in [1.82, 2.24) is 35.0 Å². The Balaban J connectivity index is 1.41.